The van der Waals surface area contributed by atoms with Gasteiger partial charge in [-0.05, 0) is 57.8 Å². The molecule has 0 saturated heterocycles. The number of hydrogen-bond donors (Lipinski definition) is 2. The smallest absolute Gasteiger partial charge is 0.268 e. The molecule has 504 valence electrons. The number of allylic oxidation sites excluding steroid dienone is 5. The van der Waals surface area contributed by atoms with Crippen LogP contribution in [0.4, 0.5) is 0 Å². The van der Waals surface area contributed by atoms with Crippen molar-refractivity contribution in [1.29, 1.82) is 0 Å². The van der Waals surface area contributed by atoms with Crippen molar-refractivity contribution in [2.24, 2.45) is 0 Å². The number of phosphoric ester groups is 1. The van der Waals surface area contributed by atoms with Gasteiger partial charge in [0.1, 0.15) is 13.2 Å². The van der Waals surface area contributed by atoms with Crippen molar-refractivity contribution in [3.05, 3.63) is 36.5 Å². The molecule has 0 aliphatic heterocycles. The van der Waals surface area contributed by atoms with Crippen LogP contribution < -0.4 is 10.2 Å². The molecule has 3 atom stereocenters. The number of carbonyl (C=O) groups excluding carboxylic acids is 1. The first-order chi connectivity index (χ1) is 41.5. The molecule has 0 radical (unpaired) electrons. The molecule has 0 rings (SSSR count). The minimum atomic E-state index is -4.61. The van der Waals surface area contributed by atoms with Gasteiger partial charge in [-0.2, -0.15) is 0 Å². The second-order valence-electron chi connectivity index (χ2n) is 27.4. The van der Waals surface area contributed by atoms with Gasteiger partial charge >= 0.3 is 0 Å². The van der Waals surface area contributed by atoms with Crippen LogP contribution in [0.3, 0.4) is 0 Å². The number of quaternary nitrogens is 1. The van der Waals surface area contributed by atoms with Crippen molar-refractivity contribution in [3.8, 4) is 0 Å². The largest absolute Gasteiger partial charge is 0.756 e. The highest BCUT2D eigenvalue weighted by atomic mass is 31.2. The predicted molar refractivity (Wildman–Crippen MR) is 372 cm³/mol. The number of unbranched alkanes of at least 4 members (excludes halogenated alkanes) is 54. The van der Waals surface area contributed by atoms with Crippen molar-refractivity contribution in [3.63, 3.8) is 0 Å². The highest BCUT2D eigenvalue weighted by molar-refractivity contribution is 7.45. The van der Waals surface area contributed by atoms with Gasteiger partial charge in [0.15, 0.2) is 0 Å². The third-order valence-electron chi connectivity index (χ3n) is 17.6. The Balaban J connectivity index is 3.95. The van der Waals surface area contributed by atoms with E-state index in [2.05, 4.69) is 43.5 Å². The molecule has 0 aromatic rings. The molecule has 9 heteroatoms. The Morgan fingerprint density at radius 3 is 0.953 bits per heavy atom. The fourth-order valence-electron chi connectivity index (χ4n) is 11.7. The van der Waals surface area contributed by atoms with Gasteiger partial charge in [-0.1, -0.05) is 365 Å². The summed E-state index contributed by atoms with van der Waals surface area (Å²) in [6.45, 7) is 4.69. The summed E-state index contributed by atoms with van der Waals surface area (Å²) in [5.41, 5.74) is 0. The van der Waals surface area contributed by atoms with Crippen molar-refractivity contribution in [2.75, 3.05) is 40.9 Å². The molecule has 0 saturated carbocycles. The first-order valence-electron chi connectivity index (χ1n) is 37.9. The first-order valence-corrected chi connectivity index (χ1v) is 39.3. The molecule has 0 aromatic heterocycles. The summed E-state index contributed by atoms with van der Waals surface area (Å²) in [5.74, 6) is -0.198. The van der Waals surface area contributed by atoms with Crippen LogP contribution in [0.1, 0.15) is 393 Å². The van der Waals surface area contributed by atoms with Crippen molar-refractivity contribution in [2.45, 2.75) is 405 Å². The van der Waals surface area contributed by atoms with Crippen LogP contribution in [0, 0.1) is 0 Å². The molecule has 0 fully saturated rings. The summed E-state index contributed by atoms with van der Waals surface area (Å²) >= 11 is 0. The maximum atomic E-state index is 13.0. The van der Waals surface area contributed by atoms with Crippen molar-refractivity contribution in [1.82, 2.24) is 5.32 Å². The molecule has 85 heavy (non-hydrogen) atoms. The minimum absolute atomic E-state index is 0.00404. The molecule has 0 spiro atoms. The lowest BCUT2D eigenvalue weighted by Crippen LogP contribution is -2.45. The first kappa shape index (κ1) is 83.7. The van der Waals surface area contributed by atoms with E-state index in [9.17, 15) is 19.4 Å². The normalized spacial score (nSPS) is 13.7. The monoisotopic (exact) mass is 1220 g/mol. The van der Waals surface area contributed by atoms with E-state index < -0.39 is 20.0 Å². The zero-order valence-electron chi connectivity index (χ0n) is 57.8. The molecule has 3 unspecified atom stereocenters. The van der Waals surface area contributed by atoms with Gasteiger partial charge in [0.05, 0.1) is 39.9 Å². The summed E-state index contributed by atoms with van der Waals surface area (Å²) < 4.78 is 23.5. The average Bonchev–Trinajstić information content (AvgIpc) is 3.49. The van der Waals surface area contributed by atoms with Crippen molar-refractivity contribution < 1.29 is 32.9 Å². The molecule has 0 aliphatic rings. The standard InChI is InChI=1S/C76H149N2O6P/c1-6-8-10-12-14-16-18-20-22-24-26-28-30-32-33-34-35-36-37-38-39-40-41-42-43-44-45-46-48-50-52-54-56-58-60-62-64-66-68-70-76(80)77-74(73-84-85(81,82)83-72-71-78(3,4)5)75(79)69-67-65-63-61-59-57-55-53-51-49-47-31-29-27-25-23-21-19-17-15-13-11-9-7-2/h24,26,59,61,67,69,74-75,79H,6-23,25,27-58,60,62-66,68,70-73H2,1-5H3,(H-,77,80,81,82)/b26-24-,61-59+,69-67+. The second kappa shape index (κ2) is 67.1. The number of nitrogens with one attached hydrogen (secondary N) is 1. The number of carbonyl (C=O) groups is 1. The lowest BCUT2D eigenvalue weighted by Gasteiger charge is -2.29. The SMILES string of the molecule is CCCCCCCCCC/C=C\CCCCCCCCCCCCCCCCCCCCCCCCCCCCCC(=O)NC(COP(=O)([O-])OCC[N+](C)(C)C)C(O)/C=C/CC/C=C/CCCCCCCCCCCCCCCCCCCC. The maximum absolute atomic E-state index is 13.0. The number of aliphatic hydroxyl groups is 1. The molecule has 1 amide bonds. The number of aliphatic hydroxyl groups excluding tert-OH is 1. The van der Waals surface area contributed by atoms with Gasteiger partial charge in [-0.15, -0.1) is 0 Å². The zero-order valence-corrected chi connectivity index (χ0v) is 58.7. The summed E-state index contributed by atoms with van der Waals surface area (Å²) in [6, 6.07) is -0.903. The van der Waals surface area contributed by atoms with E-state index >= 15 is 0 Å². The summed E-state index contributed by atoms with van der Waals surface area (Å²) in [6.07, 6.45) is 90.2. The average molecular weight is 1220 g/mol. The summed E-state index contributed by atoms with van der Waals surface area (Å²) in [4.78, 5) is 25.6. The van der Waals surface area contributed by atoms with E-state index in [-0.39, 0.29) is 19.1 Å². The lowest BCUT2D eigenvalue weighted by atomic mass is 10.0. The van der Waals surface area contributed by atoms with E-state index in [1.165, 1.54) is 334 Å². The highest BCUT2D eigenvalue weighted by Crippen LogP contribution is 2.38. The molecule has 8 nitrogen and oxygen atoms in total. The molecule has 0 aliphatic carbocycles. The Bertz CT molecular complexity index is 1480. The number of hydrogen-bond acceptors (Lipinski definition) is 6. The van der Waals surface area contributed by atoms with Gasteiger partial charge < -0.3 is 28.8 Å². The number of nitrogens with zero attached hydrogens (tertiary/aromatic N) is 1. The Morgan fingerprint density at radius 2 is 0.659 bits per heavy atom. The van der Waals surface area contributed by atoms with Gasteiger partial charge in [-0.3, -0.25) is 9.36 Å². The Morgan fingerprint density at radius 1 is 0.400 bits per heavy atom. The third kappa shape index (κ3) is 70.0. The number of likely N-dealkylation sites (N-methyl/N-ethyl adjacent to an activating group) is 1. The molecule has 0 aromatic carbocycles. The van der Waals surface area contributed by atoms with Crippen LogP contribution in [-0.2, 0) is 18.4 Å². The van der Waals surface area contributed by atoms with E-state index in [0.29, 0.717) is 17.4 Å². The van der Waals surface area contributed by atoms with Crippen LogP contribution >= 0.6 is 7.82 Å². The van der Waals surface area contributed by atoms with Crippen LogP contribution in [-0.4, -0.2) is 68.5 Å². The Labute approximate surface area is 531 Å². The van der Waals surface area contributed by atoms with E-state index in [0.717, 1.165) is 38.5 Å². The lowest BCUT2D eigenvalue weighted by molar-refractivity contribution is -0.870. The van der Waals surface area contributed by atoms with Crippen LogP contribution in [0.25, 0.3) is 0 Å². The second-order valence-corrected chi connectivity index (χ2v) is 28.8. The fourth-order valence-corrected chi connectivity index (χ4v) is 12.4. The molecule has 0 heterocycles. The van der Waals surface area contributed by atoms with E-state index in [4.69, 9.17) is 9.05 Å². The zero-order chi connectivity index (χ0) is 61.9. The van der Waals surface area contributed by atoms with Crippen LogP contribution in [0.15, 0.2) is 36.5 Å². The number of phosphoric acid groups is 1. The van der Waals surface area contributed by atoms with Gasteiger partial charge in [0, 0.05) is 6.42 Å². The van der Waals surface area contributed by atoms with Crippen molar-refractivity contribution >= 4 is 13.7 Å². The Hall–Kier alpha value is -1.28. The topological polar surface area (TPSA) is 108 Å². The molecule has 0 bridgehead atoms. The number of rotatable bonds is 71. The highest BCUT2D eigenvalue weighted by Gasteiger charge is 2.23. The van der Waals surface area contributed by atoms with Gasteiger partial charge in [0.2, 0.25) is 5.91 Å². The van der Waals surface area contributed by atoms with E-state index in [1.807, 2.05) is 27.2 Å². The van der Waals surface area contributed by atoms with Crippen LogP contribution in [0.2, 0.25) is 0 Å². The third-order valence-corrected chi connectivity index (χ3v) is 18.5. The number of amides is 1. The summed E-state index contributed by atoms with van der Waals surface area (Å²) in [7, 11) is 1.26. The predicted octanol–water partition coefficient (Wildman–Crippen LogP) is 23.8. The molecular weight excluding hydrogens is 1070 g/mol. The van der Waals surface area contributed by atoms with Gasteiger partial charge in [-0.25, -0.2) is 0 Å². The molecular formula is C76H149N2O6P. The van der Waals surface area contributed by atoms with Gasteiger partial charge in [0.25, 0.3) is 7.82 Å². The van der Waals surface area contributed by atoms with Crippen LogP contribution in [0.5, 0.6) is 0 Å². The minimum Gasteiger partial charge on any atom is -0.756 e. The Kier molecular flexibility index (Phi) is 66.1. The maximum Gasteiger partial charge on any atom is 0.268 e. The molecule has 2 N–H and O–H groups in total. The quantitative estimate of drug-likeness (QED) is 0.0272. The van der Waals surface area contributed by atoms with E-state index in [1.54, 1.807) is 6.08 Å². The fraction of sp³-hybridized carbons (Fsp3) is 0.908. The summed E-state index contributed by atoms with van der Waals surface area (Å²) in [5, 5.41) is 14.0.